The van der Waals surface area contributed by atoms with Crippen LogP contribution in [0.2, 0.25) is 0 Å². The van der Waals surface area contributed by atoms with Crippen LogP contribution in [0.1, 0.15) is 63.0 Å². The number of hydrogen-bond acceptors (Lipinski definition) is 5. The summed E-state index contributed by atoms with van der Waals surface area (Å²) in [5.74, 6) is 1.41. The van der Waals surface area contributed by atoms with E-state index in [-0.39, 0.29) is 0 Å². The molecule has 116 valence electrons. The van der Waals surface area contributed by atoms with Crippen LogP contribution in [0.4, 0.5) is 5.95 Å². The van der Waals surface area contributed by atoms with Crippen LogP contribution in [0.25, 0.3) is 0 Å². The molecule has 21 heavy (non-hydrogen) atoms. The second-order valence-electron chi connectivity index (χ2n) is 6.31. The molecule has 1 saturated heterocycles. The summed E-state index contributed by atoms with van der Waals surface area (Å²) in [6.45, 7) is 3.99. The van der Waals surface area contributed by atoms with Gasteiger partial charge >= 0.3 is 0 Å². The maximum absolute atomic E-state index is 4.85. The van der Waals surface area contributed by atoms with E-state index in [1.54, 1.807) is 0 Å². The normalized spacial score (nSPS) is 22.4. The predicted molar refractivity (Wildman–Crippen MR) is 84.6 cm³/mol. The molecule has 0 radical (unpaired) electrons. The zero-order valence-electron chi connectivity index (χ0n) is 12.9. The molecular weight excluding hydrogens is 262 g/mol. The molecular formula is C16H27N5. The first-order chi connectivity index (χ1) is 10.4. The highest BCUT2D eigenvalue weighted by atomic mass is 15.3. The lowest BCUT2D eigenvalue weighted by molar-refractivity contribution is 0.520. The summed E-state index contributed by atoms with van der Waals surface area (Å²) in [5.41, 5.74) is 1.17. The first-order valence-electron chi connectivity index (χ1n) is 8.59. The van der Waals surface area contributed by atoms with E-state index in [1.807, 2.05) is 6.20 Å². The van der Waals surface area contributed by atoms with Crippen LogP contribution in [0, 0.1) is 0 Å². The molecule has 5 heteroatoms. The monoisotopic (exact) mass is 289 g/mol. The van der Waals surface area contributed by atoms with Crippen LogP contribution in [0.15, 0.2) is 6.20 Å². The third kappa shape index (κ3) is 4.13. The van der Waals surface area contributed by atoms with Crippen molar-refractivity contribution in [3.8, 4) is 0 Å². The topological polar surface area (TPSA) is 53.9 Å². The van der Waals surface area contributed by atoms with E-state index in [1.165, 1.54) is 57.1 Å². The maximum Gasteiger partial charge on any atom is 0.245 e. The van der Waals surface area contributed by atoms with Gasteiger partial charge in [0.25, 0.3) is 0 Å². The highest BCUT2D eigenvalue weighted by molar-refractivity contribution is 5.30. The lowest BCUT2D eigenvalue weighted by atomic mass is 9.94. The third-order valence-electron chi connectivity index (χ3n) is 4.74. The van der Waals surface area contributed by atoms with E-state index in [0.29, 0.717) is 5.92 Å². The Balaban J connectivity index is 1.70. The first-order valence-corrected chi connectivity index (χ1v) is 8.59. The van der Waals surface area contributed by atoms with E-state index >= 15 is 0 Å². The summed E-state index contributed by atoms with van der Waals surface area (Å²) in [6.07, 6.45) is 12.6. The number of nitrogens with zero attached hydrogens (tertiary/aromatic N) is 4. The standard InChI is InChI=1S/C16H27N5/c1-2-4-6-8-14(7-5-3-1)15-13-18-20-16(19-15)21-11-9-17-10-12-21/h13-14,17H,1-12H2. The second kappa shape index (κ2) is 7.69. The van der Waals surface area contributed by atoms with Gasteiger partial charge in [-0.3, -0.25) is 0 Å². The molecule has 1 aromatic rings. The van der Waals surface area contributed by atoms with Gasteiger partial charge in [-0.25, -0.2) is 4.98 Å². The number of hydrogen-bond donors (Lipinski definition) is 1. The van der Waals surface area contributed by atoms with Gasteiger partial charge in [0.15, 0.2) is 0 Å². The van der Waals surface area contributed by atoms with Crippen molar-refractivity contribution in [2.45, 2.75) is 57.3 Å². The lowest BCUT2D eigenvalue weighted by Crippen LogP contribution is -2.44. The molecule has 1 aromatic heterocycles. The summed E-state index contributed by atoms with van der Waals surface area (Å²) in [7, 11) is 0. The fourth-order valence-electron chi connectivity index (χ4n) is 3.43. The molecule has 1 N–H and O–H groups in total. The van der Waals surface area contributed by atoms with Crippen LogP contribution in [0.5, 0.6) is 0 Å². The summed E-state index contributed by atoms with van der Waals surface area (Å²) in [4.78, 5) is 7.10. The Morgan fingerprint density at radius 3 is 2.33 bits per heavy atom. The Bertz CT molecular complexity index is 420. The van der Waals surface area contributed by atoms with E-state index in [2.05, 4.69) is 20.4 Å². The highest BCUT2D eigenvalue weighted by Gasteiger charge is 2.18. The maximum atomic E-state index is 4.85. The minimum Gasteiger partial charge on any atom is -0.337 e. The van der Waals surface area contributed by atoms with Crippen molar-refractivity contribution in [2.75, 3.05) is 31.1 Å². The van der Waals surface area contributed by atoms with Crippen LogP contribution in [-0.2, 0) is 0 Å². The van der Waals surface area contributed by atoms with Crippen molar-refractivity contribution in [3.05, 3.63) is 11.9 Å². The lowest BCUT2D eigenvalue weighted by Gasteiger charge is -2.27. The van der Waals surface area contributed by atoms with Crippen LogP contribution >= 0.6 is 0 Å². The van der Waals surface area contributed by atoms with E-state index in [4.69, 9.17) is 4.98 Å². The molecule has 0 atom stereocenters. The van der Waals surface area contributed by atoms with Crippen molar-refractivity contribution in [3.63, 3.8) is 0 Å². The third-order valence-corrected chi connectivity index (χ3v) is 4.74. The molecule has 2 aliphatic rings. The van der Waals surface area contributed by atoms with Crippen LogP contribution < -0.4 is 10.2 Å². The molecule has 0 amide bonds. The van der Waals surface area contributed by atoms with Gasteiger partial charge in [-0.1, -0.05) is 38.5 Å². The second-order valence-corrected chi connectivity index (χ2v) is 6.31. The van der Waals surface area contributed by atoms with Gasteiger partial charge in [0.1, 0.15) is 0 Å². The van der Waals surface area contributed by atoms with Gasteiger partial charge in [-0.05, 0) is 12.8 Å². The molecule has 0 aromatic carbocycles. The van der Waals surface area contributed by atoms with Crippen molar-refractivity contribution >= 4 is 5.95 Å². The molecule has 1 aliphatic heterocycles. The molecule has 2 fully saturated rings. The summed E-state index contributed by atoms with van der Waals surface area (Å²) in [5, 5.41) is 11.9. The van der Waals surface area contributed by atoms with Gasteiger partial charge in [-0.2, -0.15) is 5.10 Å². The molecule has 1 aliphatic carbocycles. The van der Waals surface area contributed by atoms with Gasteiger partial charge < -0.3 is 10.2 Å². The summed E-state index contributed by atoms with van der Waals surface area (Å²) in [6, 6.07) is 0. The number of anilines is 1. The van der Waals surface area contributed by atoms with E-state index in [0.717, 1.165) is 32.1 Å². The molecule has 3 rings (SSSR count). The Morgan fingerprint density at radius 1 is 0.952 bits per heavy atom. The van der Waals surface area contributed by atoms with Gasteiger partial charge in [-0.15, -0.1) is 5.10 Å². The predicted octanol–water partition coefficient (Wildman–Crippen LogP) is 2.50. The van der Waals surface area contributed by atoms with Crippen molar-refractivity contribution < 1.29 is 0 Å². The zero-order chi connectivity index (χ0) is 14.3. The van der Waals surface area contributed by atoms with E-state index in [9.17, 15) is 0 Å². The number of nitrogens with one attached hydrogen (secondary N) is 1. The smallest absolute Gasteiger partial charge is 0.245 e. The Hall–Kier alpha value is -1.23. The molecule has 0 spiro atoms. The average Bonchev–Trinajstić information content (AvgIpc) is 2.70. The summed E-state index contributed by atoms with van der Waals surface area (Å²) < 4.78 is 0. The minimum absolute atomic E-state index is 0.584. The van der Waals surface area contributed by atoms with Crippen molar-refractivity contribution in [1.29, 1.82) is 0 Å². The highest BCUT2D eigenvalue weighted by Crippen LogP contribution is 2.29. The minimum atomic E-state index is 0.584. The van der Waals surface area contributed by atoms with Crippen molar-refractivity contribution in [2.24, 2.45) is 0 Å². The van der Waals surface area contributed by atoms with Gasteiger partial charge in [0.2, 0.25) is 5.95 Å². The first kappa shape index (κ1) is 14.7. The van der Waals surface area contributed by atoms with Gasteiger partial charge in [0, 0.05) is 32.1 Å². The Labute approximate surface area is 127 Å². The fourth-order valence-corrected chi connectivity index (χ4v) is 3.43. The SMILES string of the molecule is c1nnc(N2CCNCC2)nc1C1CCCCCCCC1. The van der Waals surface area contributed by atoms with Gasteiger partial charge in [0.05, 0.1) is 11.9 Å². The fraction of sp³-hybridized carbons (Fsp3) is 0.812. The van der Waals surface area contributed by atoms with Crippen LogP contribution in [0.3, 0.4) is 0 Å². The number of piperazine rings is 1. The number of rotatable bonds is 2. The Kier molecular flexibility index (Phi) is 5.38. The molecule has 1 saturated carbocycles. The molecule has 5 nitrogen and oxygen atoms in total. The largest absolute Gasteiger partial charge is 0.337 e. The Morgan fingerprint density at radius 2 is 1.62 bits per heavy atom. The average molecular weight is 289 g/mol. The molecule has 0 bridgehead atoms. The van der Waals surface area contributed by atoms with Crippen LogP contribution in [-0.4, -0.2) is 41.4 Å². The number of aromatic nitrogens is 3. The zero-order valence-corrected chi connectivity index (χ0v) is 12.9. The van der Waals surface area contributed by atoms with Crippen molar-refractivity contribution in [1.82, 2.24) is 20.5 Å². The van der Waals surface area contributed by atoms with E-state index < -0.39 is 0 Å². The summed E-state index contributed by atoms with van der Waals surface area (Å²) >= 11 is 0. The molecule has 2 heterocycles. The molecule has 0 unspecified atom stereocenters. The quantitative estimate of drug-likeness (QED) is 0.906.